The molecule has 0 amide bonds. The van der Waals surface area contributed by atoms with Crippen molar-refractivity contribution in [2.45, 2.75) is 26.7 Å². The SMILES string of the molecule is C=C(C)CCNCC/C=C/C. The van der Waals surface area contributed by atoms with Crippen molar-refractivity contribution in [2.24, 2.45) is 0 Å². The van der Waals surface area contributed by atoms with Gasteiger partial charge in [0.1, 0.15) is 0 Å². The second-order valence-corrected chi connectivity index (χ2v) is 2.81. The highest BCUT2D eigenvalue weighted by atomic mass is 14.8. The maximum absolute atomic E-state index is 3.84. The zero-order valence-corrected chi connectivity index (χ0v) is 7.69. The van der Waals surface area contributed by atoms with Gasteiger partial charge in [-0.25, -0.2) is 0 Å². The predicted molar refractivity (Wildman–Crippen MR) is 51.7 cm³/mol. The highest BCUT2D eigenvalue weighted by Gasteiger charge is 1.85. The molecule has 0 atom stereocenters. The van der Waals surface area contributed by atoms with Gasteiger partial charge in [0.25, 0.3) is 0 Å². The second kappa shape index (κ2) is 7.55. The summed E-state index contributed by atoms with van der Waals surface area (Å²) in [6.07, 6.45) is 6.48. The van der Waals surface area contributed by atoms with Gasteiger partial charge in [-0.2, -0.15) is 0 Å². The second-order valence-electron chi connectivity index (χ2n) is 2.81. The molecule has 0 fully saturated rings. The normalized spacial score (nSPS) is 10.7. The summed E-state index contributed by atoms with van der Waals surface area (Å²) >= 11 is 0. The fraction of sp³-hybridized carbons (Fsp3) is 0.600. The van der Waals surface area contributed by atoms with E-state index in [-0.39, 0.29) is 0 Å². The van der Waals surface area contributed by atoms with Gasteiger partial charge in [0.2, 0.25) is 0 Å². The average Bonchev–Trinajstić information content (AvgIpc) is 1.96. The summed E-state index contributed by atoms with van der Waals surface area (Å²) in [7, 11) is 0. The van der Waals surface area contributed by atoms with E-state index >= 15 is 0 Å². The quantitative estimate of drug-likeness (QED) is 0.456. The van der Waals surface area contributed by atoms with Crippen molar-refractivity contribution in [3.05, 3.63) is 24.3 Å². The molecule has 64 valence electrons. The Morgan fingerprint density at radius 1 is 1.45 bits per heavy atom. The van der Waals surface area contributed by atoms with E-state index in [0.717, 1.165) is 25.9 Å². The first-order valence-electron chi connectivity index (χ1n) is 4.23. The minimum Gasteiger partial charge on any atom is -0.316 e. The summed E-state index contributed by atoms with van der Waals surface area (Å²) < 4.78 is 0. The molecule has 0 rings (SSSR count). The standard InChI is InChI=1S/C10H19N/c1-4-5-6-8-11-9-7-10(2)3/h4-5,11H,2,6-9H2,1,3H3/b5-4+. The Hall–Kier alpha value is -0.560. The summed E-state index contributed by atoms with van der Waals surface area (Å²) in [5, 5.41) is 3.34. The Morgan fingerprint density at radius 3 is 2.73 bits per heavy atom. The van der Waals surface area contributed by atoms with Crippen LogP contribution in [-0.2, 0) is 0 Å². The Bertz CT molecular complexity index is 125. The lowest BCUT2D eigenvalue weighted by atomic mass is 10.2. The molecule has 0 radical (unpaired) electrons. The van der Waals surface area contributed by atoms with Gasteiger partial charge >= 0.3 is 0 Å². The topological polar surface area (TPSA) is 12.0 Å². The van der Waals surface area contributed by atoms with Crippen molar-refractivity contribution in [3.63, 3.8) is 0 Å². The van der Waals surface area contributed by atoms with Crippen molar-refractivity contribution >= 4 is 0 Å². The van der Waals surface area contributed by atoms with Gasteiger partial charge < -0.3 is 5.32 Å². The molecule has 0 saturated carbocycles. The van der Waals surface area contributed by atoms with Crippen LogP contribution < -0.4 is 5.32 Å². The van der Waals surface area contributed by atoms with Gasteiger partial charge in [-0.15, -0.1) is 6.58 Å². The first-order valence-corrected chi connectivity index (χ1v) is 4.23. The molecule has 0 saturated heterocycles. The van der Waals surface area contributed by atoms with Gasteiger partial charge in [0, 0.05) is 0 Å². The Balaban J connectivity index is 2.96. The van der Waals surface area contributed by atoms with Gasteiger partial charge in [-0.1, -0.05) is 17.7 Å². The van der Waals surface area contributed by atoms with E-state index in [9.17, 15) is 0 Å². The van der Waals surface area contributed by atoms with Crippen LogP contribution in [0.3, 0.4) is 0 Å². The average molecular weight is 153 g/mol. The monoisotopic (exact) mass is 153 g/mol. The number of allylic oxidation sites excluding steroid dienone is 1. The molecule has 0 aliphatic heterocycles. The molecular formula is C10H19N. The molecule has 0 aliphatic carbocycles. The molecule has 0 aromatic heterocycles. The van der Waals surface area contributed by atoms with Crippen molar-refractivity contribution in [3.8, 4) is 0 Å². The maximum Gasteiger partial charge on any atom is -0.00117 e. The first kappa shape index (κ1) is 10.4. The maximum atomic E-state index is 3.84. The molecule has 1 N–H and O–H groups in total. The number of rotatable bonds is 6. The van der Waals surface area contributed by atoms with Crippen LogP contribution in [0.4, 0.5) is 0 Å². The molecule has 0 bridgehead atoms. The van der Waals surface area contributed by atoms with Crippen LogP contribution in [0.2, 0.25) is 0 Å². The minimum absolute atomic E-state index is 1.06. The first-order chi connectivity index (χ1) is 5.27. The molecule has 1 heteroatoms. The van der Waals surface area contributed by atoms with Crippen molar-refractivity contribution in [1.82, 2.24) is 5.32 Å². The van der Waals surface area contributed by atoms with Gasteiger partial charge in [0.05, 0.1) is 0 Å². The molecule has 11 heavy (non-hydrogen) atoms. The third kappa shape index (κ3) is 9.44. The molecule has 1 nitrogen and oxygen atoms in total. The fourth-order valence-corrected chi connectivity index (χ4v) is 0.779. The number of hydrogen-bond acceptors (Lipinski definition) is 1. The van der Waals surface area contributed by atoms with E-state index in [0.29, 0.717) is 0 Å². The molecule has 0 unspecified atom stereocenters. The molecule has 0 aromatic carbocycles. The zero-order chi connectivity index (χ0) is 8.53. The number of nitrogens with one attached hydrogen (secondary N) is 1. The predicted octanol–water partition coefficient (Wildman–Crippen LogP) is 2.51. The molecular weight excluding hydrogens is 134 g/mol. The van der Waals surface area contributed by atoms with Crippen LogP contribution in [0, 0.1) is 0 Å². The van der Waals surface area contributed by atoms with Gasteiger partial charge in [-0.3, -0.25) is 0 Å². The third-order valence-electron chi connectivity index (χ3n) is 1.45. The fourth-order valence-electron chi connectivity index (χ4n) is 0.779. The van der Waals surface area contributed by atoms with E-state index < -0.39 is 0 Å². The third-order valence-corrected chi connectivity index (χ3v) is 1.45. The van der Waals surface area contributed by atoms with Gasteiger partial charge in [0.15, 0.2) is 0 Å². The zero-order valence-electron chi connectivity index (χ0n) is 7.69. The van der Waals surface area contributed by atoms with Crippen LogP contribution in [0.25, 0.3) is 0 Å². The largest absolute Gasteiger partial charge is 0.316 e. The van der Waals surface area contributed by atoms with Crippen LogP contribution in [-0.4, -0.2) is 13.1 Å². The van der Waals surface area contributed by atoms with Crippen molar-refractivity contribution in [2.75, 3.05) is 13.1 Å². The molecule has 0 aromatic rings. The van der Waals surface area contributed by atoms with E-state index in [1.165, 1.54) is 5.57 Å². The van der Waals surface area contributed by atoms with Crippen LogP contribution >= 0.6 is 0 Å². The lowest BCUT2D eigenvalue weighted by Crippen LogP contribution is -2.16. The van der Waals surface area contributed by atoms with E-state index in [1.54, 1.807) is 0 Å². The highest BCUT2D eigenvalue weighted by Crippen LogP contribution is 1.91. The van der Waals surface area contributed by atoms with E-state index in [2.05, 4.69) is 31.0 Å². The van der Waals surface area contributed by atoms with Crippen LogP contribution in [0.5, 0.6) is 0 Å². The highest BCUT2D eigenvalue weighted by molar-refractivity contribution is 4.88. The summed E-state index contributed by atoms with van der Waals surface area (Å²) in [5.41, 5.74) is 1.25. The smallest absolute Gasteiger partial charge is 0.00117 e. The van der Waals surface area contributed by atoms with Crippen LogP contribution in [0.1, 0.15) is 26.7 Å². The summed E-state index contributed by atoms with van der Waals surface area (Å²) in [6.45, 7) is 10.1. The van der Waals surface area contributed by atoms with Crippen molar-refractivity contribution in [1.29, 1.82) is 0 Å². The Labute approximate surface area is 70.2 Å². The lowest BCUT2D eigenvalue weighted by molar-refractivity contribution is 0.687. The molecule has 0 aliphatic rings. The van der Waals surface area contributed by atoms with Crippen LogP contribution in [0.15, 0.2) is 24.3 Å². The molecule has 0 spiro atoms. The van der Waals surface area contributed by atoms with Crippen molar-refractivity contribution < 1.29 is 0 Å². The lowest BCUT2D eigenvalue weighted by Gasteiger charge is -2.01. The number of hydrogen-bond donors (Lipinski definition) is 1. The van der Waals surface area contributed by atoms with E-state index in [1.807, 2.05) is 6.92 Å². The van der Waals surface area contributed by atoms with E-state index in [4.69, 9.17) is 0 Å². The van der Waals surface area contributed by atoms with Gasteiger partial charge in [-0.05, 0) is 39.8 Å². The minimum atomic E-state index is 1.06. The summed E-state index contributed by atoms with van der Waals surface area (Å²) in [4.78, 5) is 0. The summed E-state index contributed by atoms with van der Waals surface area (Å²) in [6, 6.07) is 0. The Morgan fingerprint density at radius 2 is 2.18 bits per heavy atom. The summed E-state index contributed by atoms with van der Waals surface area (Å²) in [5.74, 6) is 0. The Kier molecular flexibility index (Phi) is 7.16. The molecule has 0 heterocycles.